The number of rotatable bonds is 24. The Labute approximate surface area is 364 Å². The van der Waals surface area contributed by atoms with Gasteiger partial charge in [0.1, 0.15) is 16.4 Å². The Morgan fingerprint density at radius 3 is 1.92 bits per heavy atom. The van der Waals surface area contributed by atoms with E-state index in [1.807, 2.05) is 0 Å². The summed E-state index contributed by atoms with van der Waals surface area (Å²) in [5.41, 5.74) is 5.07. The van der Waals surface area contributed by atoms with Crippen molar-refractivity contribution < 1.29 is 32.1 Å². The fraction of sp³-hybridized carbons (Fsp3) is 0.422. The summed E-state index contributed by atoms with van der Waals surface area (Å²) in [6, 6.07) is 17.8. The van der Waals surface area contributed by atoms with E-state index in [-0.39, 0.29) is 28.9 Å². The highest BCUT2D eigenvalue weighted by Crippen LogP contribution is 2.33. The maximum Gasteiger partial charge on any atom is 0.324 e. The number of ether oxygens (including phenoxy) is 1. The molecule has 1 aromatic heterocycles. The zero-order valence-corrected chi connectivity index (χ0v) is 36.7. The molecule has 0 atom stereocenters. The van der Waals surface area contributed by atoms with Crippen molar-refractivity contribution in [1.82, 2.24) is 15.5 Å². The second-order valence-electron chi connectivity index (χ2n) is 15.4. The van der Waals surface area contributed by atoms with Crippen LogP contribution in [0.2, 0.25) is 0 Å². The number of para-hydroxylation sites is 1. The van der Waals surface area contributed by atoms with Gasteiger partial charge in [0.2, 0.25) is 5.91 Å². The Balaban J connectivity index is 1.13. The van der Waals surface area contributed by atoms with E-state index >= 15 is 0 Å². The summed E-state index contributed by atoms with van der Waals surface area (Å²) in [6.45, 7) is 5.73. The number of H-pyrrole nitrogens is 1. The van der Waals surface area contributed by atoms with E-state index in [9.17, 15) is 27.4 Å². The summed E-state index contributed by atoms with van der Waals surface area (Å²) in [5.74, 6) is -1.04. The molecule has 16 nitrogen and oxygen atoms in total. The highest BCUT2D eigenvalue weighted by Gasteiger charge is 2.36. The lowest BCUT2D eigenvalue weighted by atomic mass is 10.0. The maximum absolute atomic E-state index is 13.8. The van der Waals surface area contributed by atoms with Gasteiger partial charge in [0, 0.05) is 17.8 Å². The standard InChI is InChI=1S/C45H59N9O7S/c1-4-5-6-7-8-9-10-11-12-13-14-15-16-17-21-24-40(55)46-34-25-27-35(28-26-34)47-45(57)48-43-42(52-51-41-32(2)49-50-33(41)3)44(56)54(53-43)36-29-30-38(39(31-36)62(58,59)60)61-37-22-19-18-20-23-37/h18-20,22-23,25-31,51H,4-17,21,24H2,1-3H3,(H,46,55)(H,49,50)(H,58,59,60)(H2,47,48,53,57)/b52-42-. The van der Waals surface area contributed by atoms with Gasteiger partial charge in [-0.15, -0.1) is 5.10 Å². The summed E-state index contributed by atoms with van der Waals surface area (Å²) >= 11 is 0. The predicted octanol–water partition coefficient (Wildman–Crippen LogP) is 10.2. The van der Waals surface area contributed by atoms with Gasteiger partial charge in [0.05, 0.1) is 22.8 Å². The molecule has 0 spiro atoms. The molecule has 0 aliphatic carbocycles. The molecule has 4 amide bonds. The van der Waals surface area contributed by atoms with E-state index in [1.54, 1.807) is 68.4 Å². The lowest BCUT2D eigenvalue weighted by Crippen LogP contribution is -2.40. The Hall–Kier alpha value is -6.07. The van der Waals surface area contributed by atoms with Crippen LogP contribution in [0.15, 0.2) is 87.9 Å². The summed E-state index contributed by atoms with van der Waals surface area (Å²) in [5, 5.41) is 24.4. The molecule has 0 bridgehead atoms. The van der Waals surface area contributed by atoms with Gasteiger partial charge in [-0.1, -0.05) is 115 Å². The van der Waals surface area contributed by atoms with Crippen molar-refractivity contribution in [2.24, 2.45) is 10.2 Å². The van der Waals surface area contributed by atoms with Crippen molar-refractivity contribution in [2.45, 2.75) is 128 Å². The third kappa shape index (κ3) is 14.5. The number of unbranched alkanes of at least 4 members (excludes halogenated alkanes) is 14. The van der Waals surface area contributed by atoms with Gasteiger partial charge in [-0.25, -0.2) is 4.79 Å². The number of hydrazone groups is 2. The van der Waals surface area contributed by atoms with Gasteiger partial charge in [0.15, 0.2) is 11.5 Å². The minimum absolute atomic E-state index is 0.0687. The molecule has 1 aliphatic rings. The number of amidine groups is 1. The monoisotopic (exact) mass is 869 g/mol. The van der Waals surface area contributed by atoms with Crippen molar-refractivity contribution in [3.05, 3.63) is 84.2 Å². The van der Waals surface area contributed by atoms with Crippen LogP contribution in [-0.4, -0.2) is 52.6 Å². The van der Waals surface area contributed by atoms with E-state index in [1.165, 1.54) is 89.2 Å². The number of hydrogen-bond donors (Lipinski definition) is 6. The van der Waals surface area contributed by atoms with Crippen molar-refractivity contribution in [3.8, 4) is 11.5 Å². The average molecular weight is 870 g/mol. The molecule has 0 radical (unpaired) electrons. The van der Waals surface area contributed by atoms with E-state index in [2.05, 4.69) is 48.7 Å². The second kappa shape index (κ2) is 23.8. The van der Waals surface area contributed by atoms with Crippen molar-refractivity contribution >= 4 is 62.3 Å². The molecular weight excluding hydrogens is 811 g/mol. The molecule has 0 saturated carbocycles. The van der Waals surface area contributed by atoms with Crippen LogP contribution in [0.5, 0.6) is 11.5 Å². The first-order valence-electron chi connectivity index (χ1n) is 21.5. The molecule has 0 unspecified atom stereocenters. The highest BCUT2D eigenvalue weighted by molar-refractivity contribution is 7.86. The molecule has 0 saturated heterocycles. The van der Waals surface area contributed by atoms with Gasteiger partial charge in [-0.05, 0) is 74.9 Å². The first kappa shape index (κ1) is 47.0. The number of benzene rings is 3. The van der Waals surface area contributed by atoms with Crippen LogP contribution in [0.4, 0.5) is 27.5 Å². The fourth-order valence-electron chi connectivity index (χ4n) is 6.90. The molecule has 5 rings (SSSR count). The van der Waals surface area contributed by atoms with Crippen molar-refractivity contribution in [3.63, 3.8) is 0 Å². The smallest absolute Gasteiger partial charge is 0.324 e. The molecule has 332 valence electrons. The summed E-state index contributed by atoms with van der Waals surface area (Å²) in [4.78, 5) is 39.1. The number of carbonyl (C=O) groups excluding carboxylic acids is 3. The molecular formula is C45H59N9O7S. The number of hydrogen-bond acceptors (Lipinski definition) is 10. The number of amides is 4. The van der Waals surface area contributed by atoms with Crippen LogP contribution in [-0.2, 0) is 19.7 Å². The van der Waals surface area contributed by atoms with Crippen LogP contribution in [0.1, 0.15) is 121 Å². The minimum atomic E-state index is -4.85. The summed E-state index contributed by atoms with van der Waals surface area (Å²) in [7, 11) is -4.85. The topological polar surface area (TPSA) is 220 Å². The van der Waals surface area contributed by atoms with E-state index in [0.29, 0.717) is 40.6 Å². The predicted molar refractivity (Wildman–Crippen MR) is 244 cm³/mol. The molecule has 0 fully saturated rings. The first-order chi connectivity index (χ1) is 29.9. The molecule has 3 aromatic carbocycles. The van der Waals surface area contributed by atoms with Crippen LogP contribution < -0.4 is 31.1 Å². The lowest BCUT2D eigenvalue weighted by molar-refractivity contribution is -0.116. The number of aromatic amines is 1. The van der Waals surface area contributed by atoms with E-state index < -0.39 is 27.0 Å². The molecule has 4 aromatic rings. The Morgan fingerprint density at radius 2 is 1.35 bits per heavy atom. The van der Waals surface area contributed by atoms with E-state index in [4.69, 9.17) is 4.74 Å². The third-order valence-corrected chi connectivity index (χ3v) is 11.2. The number of nitrogens with one attached hydrogen (secondary N) is 5. The Kier molecular flexibility index (Phi) is 18.0. The van der Waals surface area contributed by atoms with Crippen LogP contribution in [0, 0.1) is 13.8 Å². The van der Waals surface area contributed by atoms with Crippen molar-refractivity contribution in [1.29, 1.82) is 0 Å². The normalized spacial score (nSPS) is 13.3. The fourth-order valence-corrected chi connectivity index (χ4v) is 7.53. The molecule has 62 heavy (non-hydrogen) atoms. The third-order valence-electron chi connectivity index (χ3n) is 10.3. The zero-order valence-electron chi connectivity index (χ0n) is 35.8. The van der Waals surface area contributed by atoms with Crippen molar-refractivity contribution in [2.75, 3.05) is 21.1 Å². The minimum Gasteiger partial charge on any atom is -0.456 e. The number of nitrogens with zero attached hydrogens (tertiary/aromatic N) is 4. The molecule has 1 aliphatic heterocycles. The average Bonchev–Trinajstić information content (AvgIpc) is 3.73. The van der Waals surface area contributed by atoms with Gasteiger partial charge in [-0.3, -0.25) is 30.0 Å². The largest absolute Gasteiger partial charge is 0.456 e. The van der Waals surface area contributed by atoms with Crippen LogP contribution in [0.25, 0.3) is 0 Å². The lowest BCUT2D eigenvalue weighted by Gasteiger charge is -2.15. The molecule has 6 N–H and O–H groups in total. The van der Waals surface area contributed by atoms with E-state index in [0.717, 1.165) is 30.3 Å². The van der Waals surface area contributed by atoms with Gasteiger partial charge >= 0.3 is 11.9 Å². The number of urea groups is 1. The van der Waals surface area contributed by atoms with Gasteiger partial charge < -0.3 is 15.4 Å². The Morgan fingerprint density at radius 1 is 0.774 bits per heavy atom. The number of aromatic nitrogens is 2. The number of anilines is 4. The van der Waals surface area contributed by atoms with Gasteiger partial charge in [-0.2, -0.15) is 23.6 Å². The van der Waals surface area contributed by atoms with Gasteiger partial charge in [0.25, 0.3) is 10.1 Å². The Bertz CT molecular complexity index is 2260. The number of carbonyl (C=O) groups is 3. The SMILES string of the molecule is CCCCCCCCCCCCCCCCCC(=O)Nc1ccc(NC(=O)NC2=NN(c3ccc(Oc4ccccc4)c(S(=O)(=O)O)c3)C(=O)/C2=N\Nc2c(C)n[nH]c2C)cc1. The summed E-state index contributed by atoms with van der Waals surface area (Å²) in [6.07, 6.45) is 19.3. The highest BCUT2D eigenvalue weighted by atomic mass is 32.2. The van der Waals surface area contributed by atoms with Crippen LogP contribution >= 0.6 is 0 Å². The number of aryl methyl sites for hydroxylation is 2. The second-order valence-corrected chi connectivity index (χ2v) is 16.8. The molecule has 17 heteroatoms. The summed E-state index contributed by atoms with van der Waals surface area (Å²) < 4.78 is 40.7. The van der Waals surface area contributed by atoms with Crippen LogP contribution in [0.3, 0.4) is 0 Å². The quantitative estimate of drug-likeness (QED) is 0.0224. The molecule has 2 heterocycles. The first-order valence-corrected chi connectivity index (χ1v) is 23.0. The maximum atomic E-state index is 13.8. The zero-order chi connectivity index (χ0) is 44.3.